The molecule has 2 N–H and O–H groups in total. The lowest BCUT2D eigenvalue weighted by atomic mass is 9.81. The van der Waals surface area contributed by atoms with E-state index >= 15 is 0 Å². The van der Waals surface area contributed by atoms with Crippen molar-refractivity contribution in [3.63, 3.8) is 0 Å². The molecule has 2 heterocycles. The summed E-state index contributed by atoms with van der Waals surface area (Å²) in [6.07, 6.45) is -4.47. The van der Waals surface area contributed by atoms with Gasteiger partial charge >= 0.3 is 6.18 Å². The van der Waals surface area contributed by atoms with Gasteiger partial charge in [0.05, 0.1) is 5.54 Å². The van der Waals surface area contributed by atoms with Crippen molar-refractivity contribution in [2.75, 3.05) is 18.0 Å². The average Bonchev–Trinajstić information content (AvgIpc) is 2.59. The minimum Gasteiger partial charge on any atom is -0.343 e. The Labute approximate surface area is 101 Å². The van der Waals surface area contributed by atoms with E-state index in [1.165, 1.54) is 0 Å². The van der Waals surface area contributed by atoms with Gasteiger partial charge in [-0.25, -0.2) is 0 Å². The van der Waals surface area contributed by atoms with Crippen molar-refractivity contribution >= 4 is 16.7 Å². The Morgan fingerprint density at radius 3 is 2.41 bits per heavy atom. The number of nitrogens with zero attached hydrogens (tertiary/aromatic N) is 3. The molecule has 96 valence electrons. The molecule has 0 radical (unpaired) electrons. The van der Waals surface area contributed by atoms with Crippen molar-refractivity contribution < 1.29 is 13.2 Å². The number of rotatable bonds is 2. The number of hydrogen-bond acceptors (Lipinski definition) is 5. The van der Waals surface area contributed by atoms with Crippen LogP contribution in [0.3, 0.4) is 0 Å². The first-order chi connectivity index (χ1) is 7.72. The van der Waals surface area contributed by atoms with E-state index in [-0.39, 0.29) is 11.5 Å². The third kappa shape index (κ3) is 2.23. The smallest absolute Gasteiger partial charge is 0.343 e. The number of hydrogen-bond donors (Lipinski definition) is 1. The number of halogens is 3. The number of alkyl halides is 3. The van der Waals surface area contributed by atoms with Crippen LogP contribution < -0.4 is 10.6 Å². The van der Waals surface area contributed by atoms with Gasteiger partial charge < -0.3 is 10.6 Å². The van der Waals surface area contributed by atoms with E-state index in [4.69, 9.17) is 5.73 Å². The standard InChI is InChI=1S/C9H13F3N4S/c1-5(2)8(13)3-16(4-8)7-14-6(15-17-7)9(10,11)12/h5H,3-4,13H2,1-2H3. The molecule has 0 bridgehead atoms. The molecule has 0 unspecified atom stereocenters. The van der Waals surface area contributed by atoms with Crippen LogP contribution in [0.25, 0.3) is 0 Å². The largest absolute Gasteiger partial charge is 0.452 e. The molecule has 17 heavy (non-hydrogen) atoms. The van der Waals surface area contributed by atoms with Crippen LogP contribution in [-0.2, 0) is 6.18 Å². The van der Waals surface area contributed by atoms with Crippen molar-refractivity contribution in [3.8, 4) is 0 Å². The van der Waals surface area contributed by atoms with Gasteiger partial charge in [0.1, 0.15) is 0 Å². The molecule has 1 aromatic rings. The van der Waals surface area contributed by atoms with Crippen molar-refractivity contribution in [1.82, 2.24) is 9.36 Å². The molecule has 0 amide bonds. The van der Waals surface area contributed by atoms with Gasteiger partial charge in [-0.1, -0.05) is 13.8 Å². The topological polar surface area (TPSA) is 55.0 Å². The minimum absolute atomic E-state index is 0.286. The lowest BCUT2D eigenvalue weighted by Gasteiger charge is -2.50. The second-order valence-electron chi connectivity index (χ2n) is 4.64. The third-order valence-corrected chi connectivity index (χ3v) is 3.84. The Balaban J connectivity index is 2.05. The van der Waals surface area contributed by atoms with Gasteiger partial charge in [0.2, 0.25) is 11.0 Å². The summed E-state index contributed by atoms with van der Waals surface area (Å²) in [5.74, 6) is -0.787. The van der Waals surface area contributed by atoms with Crippen LogP contribution in [0.5, 0.6) is 0 Å². The fraction of sp³-hybridized carbons (Fsp3) is 0.778. The van der Waals surface area contributed by atoms with Crippen molar-refractivity contribution in [1.29, 1.82) is 0 Å². The Hall–Kier alpha value is -0.890. The first kappa shape index (κ1) is 12.6. The van der Waals surface area contributed by atoms with E-state index in [2.05, 4.69) is 9.36 Å². The molecule has 0 aliphatic carbocycles. The van der Waals surface area contributed by atoms with E-state index in [0.29, 0.717) is 18.2 Å². The fourth-order valence-corrected chi connectivity index (χ4v) is 2.31. The molecule has 0 atom stereocenters. The summed E-state index contributed by atoms with van der Waals surface area (Å²) in [4.78, 5) is 5.21. The zero-order valence-corrected chi connectivity index (χ0v) is 10.3. The highest BCUT2D eigenvalue weighted by atomic mass is 32.1. The lowest BCUT2D eigenvalue weighted by molar-refractivity contribution is -0.144. The summed E-state index contributed by atoms with van der Waals surface area (Å²) in [6.45, 7) is 5.05. The molecule has 0 spiro atoms. The molecule has 1 saturated heterocycles. The highest BCUT2D eigenvalue weighted by Gasteiger charge is 2.44. The predicted molar refractivity (Wildman–Crippen MR) is 58.9 cm³/mol. The van der Waals surface area contributed by atoms with Crippen LogP contribution >= 0.6 is 11.5 Å². The average molecular weight is 266 g/mol. The normalized spacial score (nSPS) is 19.6. The van der Waals surface area contributed by atoms with Crippen molar-refractivity contribution in [3.05, 3.63) is 5.82 Å². The van der Waals surface area contributed by atoms with Gasteiger partial charge in [0.15, 0.2) is 0 Å². The maximum absolute atomic E-state index is 12.3. The molecule has 1 aromatic heterocycles. The summed E-state index contributed by atoms with van der Waals surface area (Å²) in [6, 6.07) is 0. The first-order valence-electron chi connectivity index (χ1n) is 5.17. The van der Waals surface area contributed by atoms with Gasteiger partial charge in [-0.3, -0.25) is 0 Å². The van der Waals surface area contributed by atoms with Gasteiger partial charge in [-0.2, -0.15) is 22.5 Å². The Morgan fingerprint density at radius 2 is 2.00 bits per heavy atom. The van der Waals surface area contributed by atoms with E-state index in [0.717, 1.165) is 11.5 Å². The molecule has 1 fully saturated rings. The SMILES string of the molecule is CC(C)C1(N)CN(c2nc(C(F)(F)F)ns2)C1. The van der Waals surface area contributed by atoms with Gasteiger partial charge in [0, 0.05) is 24.6 Å². The molecule has 2 rings (SSSR count). The second-order valence-corrected chi connectivity index (χ2v) is 5.37. The molecular formula is C9H13F3N4S. The molecule has 1 aliphatic rings. The number of anilines is 1. The fourth-order valence-electron chi connectivity index (χ4n) is 1.62. The zero-order chi connectivity index (χ0) is 12.8. The van der Waals surface area contributed by atoms with Crippen LogP contribution in [0, 0.1) is 5.92 Å². The van der Waals surface area contributed by atoms with Crippen LogP contribution in [0.2, 0.25) is 0 Å². The molecule has 0 aromatic carbocycles. The van der Waals surface area contributed by atoms with Crippen LogP contribution in [0.15, 0.2) is 0 Å². The quantitative estimate of drug-likeness (QED) is 0.885. The molecule has 1 aliphatic heterocycles. The van der Waals surface area contributed by atoms with E-state index in [1.54, 1.807) is 4.90 Å². The van der Waals surface area contributed by atoms with Gasteiger partial charge in [0.25, 0.3) is 0 Å². The second kappa shape index (κ2) is 3.81. The molecule has 4 nitrogen and oxygen atoms in total. The van der Waals surface area contributed by atoms with Gasteiger partial charge in [-0.15, -0.1) is 0 Å². The highest BCUT2D eigenvalue weighted by molar-refractivity contribution is 7.09. The number of nitrogens with two attached hydrogens (primary N) is 1. The first-order valence-corrected chi connectivity index (χ1v) is 5.94. The highest BCUT2D eigenvalue weighted by Crippen LogP contribution is 2.35. The van der Waals surface area contributed by atoms with Gasteiger partial charge in [-0.05, 0) is 5.92 Å². The molecule has 8 heteroatoms. The van der Waals surface area contributed by atoms with Crippen LogP contribution in [0.1, 0.15) is 19.7 Å². The summed E-state index contributed by atoms with van der Waals surface area (Å²) < 4.78 is 40.2. The summed E-state index contributed by atoms with van der Waals surface area (Å²) >= 11 is 0.762. The summed E-state index contributed by atoms with van der Waals surface area (Å²) in [5, 5.41) is 0.291. The number of aromatic nitrogens is 2. The third-order valence-electron chi connectivity index (χ3n) is 3.06. The molecule has 0 saturated carbocycles. The zero-order valence-electron chi connectivity index (χ0n) is 9.45. The lowest BCUT2D eigenvalue weighted by Crippen LogP contribution is -2.70. The summed E-state index contributed by atoms with van der Waals surface area (Å²) in [5.41, 5.74) is 5.73. The van der Waals surface area contributed by atoms with Crippen molar-refractivity contribution in [2.24, 2.45) is 11.7 Å². The Bertz CT molecular complexity index is 409. The summed E-state index contributed by atoms with van der Waals surface area (Å²) in [7, 11) is 0. The van der Waals surface area contributed by atoms with E-state index < -0.39 is 12.0 Å². The Morgan fingerprint density at radius 1 is 1.41 bits per heavy atom. The van der Waals surface area contributed by atoms with Crippen LogP contribution in [0.4, 0.5) is 18.3 Å². The van der Waals surface area contributed by atoms with E-state index in [1.807, 2.05) is 13.8 Å². The maximum atomic E-state index is 12.3. The molecular weight excluding hydrogens is 253 g/mol. The predicted octanol–water partition coefficient (Wildman–Crippen LogP) is 1.73. The van der Waals surface area contributed by atoms with Crippen LogP contribution in [-0.4, -0.2) is 28.0 Å². The van der Waals surface area contributed by atoms with Crippen molar-refractivity contribution in [2.45, 2.75) is 25.6 Å². The Kier molecular flexibility index (Phi) is 2.81. The maximum Gasteiger partial charge on any atom is 0.452 e. The minimum atomic E-state index is -4.47. The monoisotopic (exact) mass is 266 g/mol. The van der Waals surface area contributed by atoms with E-state index in [9.17, 15) is 13.2 Å².